The van der Waals surface area contributed by atoms with Gasteiger partial charge in [0.2, 0.25) is 5.91 Å². The molecule has 182 valence electrons. The number of nitrogens with two attached hydrogens (primary N) is 1. The number of rotatable bonds is 8. The number of para-hydroxylation sites is 2. The van der Waals surface area contributed by atoms with E-state index in [0.29, 0.717) is 25.0 Å². The highest BCUT2D eigenvalue weighted by molar-refractivity contribution is 5.98. The van der Waals surface area contributed by atoms with Crippen molar-refractivity contribution in [1.82, 2.24) is 29.5 Å². The Morgan fingerprint density at radius 1 is 1.03 bits per heavy atom. The predicted molar refractivity (Wildman–Crippen MR) is 136 cm³/mol. The van der Waals surface area contributed by atoms with Gasteiger partial charge in [0.1, 0.15) is 5.56 Å². The molecule has 0 radical (unpaired) electrons. The highest BCUT2D eigenvalue weighted by Gasteiger charge is 2.17. The van der Waals surface area contributed by atoms with Crippen LogP contribution in [0.25, 0.3) is 16.7 Å². The van der Waals surface area contributed by atoms with Crippen LogP contribution < -0.4 is 11.1 Å². The van der Waals surface area contributed by atoms with Crippen LogP contribution >= 0.6 is 0 Å². The van der Waals surface area contributed by atoms with Crippen LogP contribution in [0.1, 0.15) is 44.9 Å². The van der Waals surface area contributed by atoms with Crippen molar-refractivity contribution in [1.29, 1.82) is 0 Å². The van der Waals surface area contributed by atoms with Gasteiger partial charge in [0, 0.05) is 30.9 Å². The molecule has 0 saturated carbocycles. The van der Waals surface area contributed by atoms with E-state index < -0.39 is 5.91 Å². The van der Waals surface area contributed by atoms with E-state index in [1.807, 2.05) is 50.5 Å². The van der Waals surface area contributed by atoms with Crippen LogP contribution in [0.4, 0.5) is 0 Å². The third kappa shape index (κ3) is 4.55. The molecule has 0 aliphatic heterocycles. The van der Waals surface area contributed by atoms with Crippen molar-refractivity contribution in [3.05, 3.63) is 94.7 Å². The molecule has 0 atom stereocenters. The monoisotopic (exact) mass is 481 g/mol. The standard InChI is InChI=1S/C27H27N7O2/c1-17-21(18(2)34-27(32-17)22(14-31-34)26(28)36)11-12-25(35)29-13-19-7-9-20(10-8-19)15-33-16-30-23-5-3-4-6-24(23)33/h3-10,14,16H,11-13,15H2,1-2H3,(H2,28,36)(H,29,35). The minimum atomic E-state index is -0.563. The van der Waals surface area contributed by atoms with Gasteiger partial charge in [-0.2, -0.15) is 5.10 Å². The summed E-state index contributed by atoms with van der Waals surface area (Å²) in [5, 5.41) is 7.23. The first-order valence-corrected chi connectivity index (χ1v) is 11.8. The number of fused-ring (bicyclic) bond motifs is 2. The molecule has 5 aromatic rings. The molecule has 3 heterocycles. The van der Waals surface area contributed by atoms with Crippen molar-refractivity contribution in [3.63, 3.8) is 0 Å². The molecule has 2 aromatic carbocycles. The molecule has 0 aliphatic carbocycles. The van der Waals surface area contributed by atoms with Crippen molar-refractivity contribution in [2.45, 2.75) is 39.8 Å². The highest BCUT2D eigenvalue weighted by Crippen LogP contribution is 2.19. The normalized spacial score (nSPS) is 11.3. The fourth-order valence-corrected chi connectivity index (χ4v) is 4.47. The minimum absolute atomic E-state index is 0.0406. The number of aromatic nitrogens is 5. The van der Waals surface area contributed by atoms with E-state index in [0.717, 1.165) is 40.1 Å². The van der Waals surface area contributed by atoms with E-state index >= 15 is 0 Å². The smallest absolute Gasteiger partial charge is 0.254 e. The second-order valence-electron chi connectivity index (χ2n) is 8.87. The first-order valence-electron chi connectivity index (χ1n) is 11.8. The summed E-state index contributed by atoms with van der Waals surface area (Å²) in [7, 11) is 0. The average Bonchev–Trinajstić information content (AvgIpc) is 3.48. The zero-order valence-corrected chi connectivity index (χ0v) is 20.2. The average molecular weight is 482 g/mol. The number of amides is 2. The number of imidazole rings is 1. The molecule has 9 heteroatoms. The fourth-order valence-electron chi connectivity index (χ4n) is 4.47. The van der Waals surface area contributed by atoms with Gasteiger partial charge < -0.3 is 15.6 Å². The van der Waals surface area contributed by atoms with Gasteiger partial charge in [-0.3, -0.25) is 9.59 Å². The Labute approximate surface area is 208 Å². The second-order valence-corrected chi connectivity index (χ2v) is 8.87. The maximum Gasteiger partial charge on any atom is 0.254 e. The van der Waals surface area contributed by atoms with Gasteiger partial charge in [-0.25, -0.2) is 14.5 Å². The van der Waals surface area contributed by atoms with Gasteiger partial charge in [0.25, 0.3) is 5.91 Å². The fraction of sp³-hybridized carbons (Fsp3) is 0.222. The van der Waals surface area contributed by atoms with Gasteiger partial charge in [-0.15, -0.1) is 0 Å². The number of nitrogens with one attached hydrogen (secondary N) is 1. The largest absolute Gasteiger partial charge is 0.365 e. The van der Waals surface area contributed by atoms with Crippen LogP contribution in [0, 0.1) is 13.8 Å². The van der Waals surface area contributed by atoms with Gasteiger partial charge >= 0.3 is 0 Å². The van der Waals surface area contributed by atoms with Crippen molar-refractivity contribution >= 4 is 28.5 Å². The SMILES string of the molecule is Cc1nc2c(C(N)=O)cnn2c(C)c1CCC(=O)NCc1ccc(Cn2cnc3ccccc32)cc1. The number of aryl methyl sites for hydroxylation is 2. The van der Waals surface area contributed by atoms with Crippen LogP contribution in [0.5, 0.6) is 0 Å². The second kappa shape index (κ2) is 9.61. The molecule has 0 unspecified atom stereocenters. The topological polar surface area (TPSA) is 120 Å². The maximum absolute atomic E-state index is 12.5. The predicted octanol–water partition coefficient (Wildman–Crippen LogP) is 3.09. The van der Waals surface area contributed by atoms with Crippen LogP contribution in [0.3, 0.4) is 0 Å². The van der Waals surface area contributed by atoms with Gasteiger partial charge in [-0.05, 0) is 49.1 Å². The summed E-state index contributed by atoms with van der Waals surface area (Å²) in [5.41, 5.74) is 13.0. The lowest BCUT2D eigenvalue weighted by molar-refractivity contribution is -0.121. The van der Waals surface area contributed by atoms with Crippen molar-refractivity contribution in [2.75, 3.05) is 0 Å². The van der Waals surface area contributed by atoms with Gasteiger partial charge in [-0.1, -0.05) is 36.4 Å². The number of benzene rings is 2. The van der Waals surface area contributed by atoms with Crippen LogP contribution in [0.15, 0.2) is 61.1 Å². The Balaban J connectivity index is 1.17. The lowest BCUT2D eigenvalue weighted by Gasteiger charge is -2.12. The zero-order chi connectivity index (χ0) is 25.2. The first-order chi connectivity index (χ1) is 17.4. The van der Waals surface area contributed by atoms with Gasteiger partial charge in [0.15, 0.2) is 5.65 Å². The molecule has 0 fully saturated rings. The molecular formula is C27H27N7O2. The number of nitrogens with zero attached hydrogens (tertiary/aromatic N) is 5. The molecule has 3 aromatic heterocycles. The van der Waals surface area contributed by atoms with E-state index in [2.05, 4.69) is 43.1 Å². The van der Waals surface area contributed by atoms with Crippen LogP contribution in [-0.4, -0.2) is 36.0 Å². The Bertz CT molecular complexity index is 1580. The third-order valence-electron chi connectivity index (χ3n) is 6.47. The Morgan fingerprint density at radius 3 is 2.56 bits per heavy atom. The highest BCUT2D eigenvalue weighted by atomic mass is 16.1. The zero-order valence-electron chi connectivity index (χ0n) is 20.2. The van der Waals surface area contributed by atoms with Crippen molar-refractivity contribution < 1.29 is 9.59 Å². The number of hydrogen-bond acceptors (Lipinski definition) is 5. The van der Waals surface area contributed by atoms with Crippen molar-refractivity contribution in [3.8, 4) is 0 Å². The van der Waals surface area contributed by atoms with Gasteiger partial charge in [0.05, 0.1) is 23.6 Å². The molecule has 0 bridgehead atoms. The lowest BCUT2D eigenvalue weighted by Crippen LogP contribution is -2.23. The van der Waals surface area contributed by atoms with E-state index in [-0.39, 0.29) is 11.5 Å². The lowest BCUT2D eigenvalue weighted by atomic mass is 10.1. The number of carbonyl (C=O) groups is 2. The number of carbonyl (C=O) groups excluding carboxylic acids is 2. The van der Waals surface area contributed by atoms with E-state index in [4.69, 9.17) is 5.73 Å². The maximum atomic E-state index is 12.5. The number of primary amides is 1. The summed E-state index contributed by atoms with van der Waals surface area (Å²) in [6.45, 7) is 4.97. The molecule has 2 amide bonds. The molecule has 5 rings (SSSR count). The quantitative estimate of drug-likeness (QED) is 0.353. The molecule has 3 N–H and O–H groups in total. The summed E-state index contributed by atoms with van der Waals surface area (Å²) in [4.78, 5) is 33.1. The van der Waals surface area contributed by atoms with E-state index in [1.165, 1.54) is 11.8 Å². The Morgan fingerprint density at radius 2 is 1.78 bits per heavy atom. The Hall–Kier alpha value is -4.53. The molecule has 0 saturated heterocycles. The molecule has 0 spiro atoms. The minimum Gasteiger partial charge on any atom is -0.365 e. The summed E-state index contributed by atoms with van der Waals surface area (Å²) in [6.07, 6.45) is 4.13. The molecule has 36 heavy (non-hydrogen) atoms. The first kappa shape index (κ1) is 23.2. The number of hydrogen-bond donors (Lipinski definition) is 2. The summed E-state index contributed by atoms with van der Waals surface area (Å²) in [6, 6.07) is 16.3. The molecular weight excluding hydrogens is 454 g/mol. The van der Waals surface area contributed by atoms with Crippen LogP contribution in [0.2, 0.25) is 0 Å². The summed E-state index contributed by atoms with van der Waals surface area (Å²) >= 11 is 0. The van der Waals surface area contributed by atoms with E-state index in [9.17, 15) is 9.59 Å². The van der Waals surface area contributed by atoms with Crippen molar-refractivity contribution in [2.24, 2.45) is 5.73 Å². The third-order valence-corrected chi connectivity index (χ3v) is 6.47. The van der Waals surface area contributed by atoms with Crippen LogP contribution in [-0.2, 0) is 24.3 Å². The summed E-state index contributed by atoms with van der Waals surface area (Å²) < 4.78 is 3.73. The Kier molecular flexibility index (Phi) is 6.20. The summed E-state index contributed by atoms with van der Waals surface area (Å²) in [5.74, 6) is -0.604. The van der Waals surface area contributed by atoms with E-state index in [1.54, 1.807) is 4.52 Å². The molecule has 0 aliphatic rings. The molecule has 9 nitrogen and oxygen atoms in total.